The monoisotopic (exact) mass is 401 g/mol. The van der Waals surface area contributed by atoms with Gasteiger partial charge in [0.05, 0.1) is 21.5 Å². The number of non-ortho nitro benzene ring substituents is 2. The van der Waals surface area contributed by atoms with Crippen LogP contribution in [0.15, 0.2) is 30.3 Å². The number of nitrogens with one attached hydrogen (secondary N) is 1. The molecule has 1 N–H and O–H groups in total. The van der Waals surface area contributed by atoms with Crippen molar-refractivity contribution < 1.29 is 14.6 Å². The van der Waals surface area contributed by atoms with Crippen molar-refractivity contribution in [2.45, 2.75) is 6.92 Å². The molecule has 3 rings (SSSR count). The summed E-state index contributed by atoms with van der Waals surface area (Å²) in [5, 5.41) is 33.4. The number of nitro benzene ring substituents is 2. The van der Waals surface area contributed by atoms with Crippen LogP contribution in [0.3, 0.4) is 0 Å². The Morgan fingerprint density at radius 2 is 1.66 bits per heavy atom. The summed E-state index contributed by atoms with van der Waals surface area (Å²) in [7, 11) is 0. The smallest absolute Gasteiger partial charge is 0.277 e. The summed E-state index contributed by atoms with van der Waals surface area (Å²) in [4.78, 5) is 36.8. The third-order valence-electron chi connectivity index (χ3n) is 4.47. The number of aromatic nitrogens is 2. The molecule has 1 aromatic heterocycles. The maximum absolute atomic E-state index is 12.7. The topological polar surface area (TPSA) is 148 Å². The second kappa shape index (κ2) is 8.46. The summed E-state index contributed by atoms with van der Waals surface area (Å²) in [5.74, 6) is 0.882. The molecule has 1 aliphatic heterocycles. The number of amides is 1. The van der Waals surface area contributed by atoms with Crippen LogP contribution in [0.4, 0.5) is 23.0 Å². The standard InChI is InChI=1S/C17H19N7O5/c1-2-18-15-3-4-16(20-19-15)21-5-7-22(8-6-21)17(25)12-9-13(23(26)27)11-14(10-12)24(28)29/h3-4,9-11H,2,5-8H2,1H3,(H,18,19). The molecule has 0 saturated carbocycles. The van der Waals surface area contributed by atoms with E-state index in [0.29, 0.717) is 37.8 Å². The van der Waals surface area contributed by atoms with Crippen LogP contribution in [-0.4, -0.2) is 63.6 Å². The predicted octanol–water partition coefficient (Wildman–Crippen LogP) is 1.69. The lowest BCUT2D eigenvalue weighted by atomic mass is 10.1. The van der Waals surface area contributed by atoms with Crippen molar-refractivity contribution in [2.24, 2.45) is 0 Å². The first-order valence-corrected chi connectivity index (χ1v) is 8.94. The number of nitro groups is 2. The van der Waals surface area contributed by atoms with Crippen molar-refractivity contribution in [1.29, 1.82) is 0 Å². The fourth-order valence-corrected chi connectivity index (χ4v) is 3.02. The van der Waals surface area contributed by atoms with Gasteiger partial charge in [0.25, 0.3) is 17.3 Å². The molecule has 29 heavy (non-hydrogen) atoms. The Kier molecular flexibility index (Phi) is 5.81. The Balaban J connectivity index is 1.70. The highest BCUT2D eigenvalue weighted by Gasteiger charge is 2.26. The van der Waals surface area contributed by atoms with Crippen LogP contribution in [0.2, 0.25) is 0 Å². The Morgan fingerprint density at radius 1 is 1.03 bits per heavy atom. The molecule has 0 unspecified atom stereocenters. The largest absolute Gasteiger partial charge is 0.369 e. The molecule has 0 aliphatic carbocycles. The molecule has 1 aliphatic rings. The first-order chi connectivity index (χ1) is 13.9. The van der Waals surface area contributed by atoms with Gasteiger partial charge in [0.2, 0.25) is 0 Å². The predicted molar refractivity (Wildman–Crippen MR) is 104 cm³/mol. The minimum Gasteiger partial charge on any atom is -0.369 e. The molecule has 1 amide bonds. The van der Waals surface area contributed by atoms with E-state index in [1.54, 1.807) is 0 Å². The number of benzene rings is 1. The average Bonchev–Trinajstić information content (AvgIpc) is 2.73. The van der Waals surface area contributed by atoms with Gasteiger partial charge in [-0.1, -0.05) is 0 Å². The first-order valence-electron chi connectivity index (χ1n) is 8.94. The Labute approximate surface area is 165 Å². The van der Waals surface area contributed by atoms with Gasteiger partial charge in [-0.15, -0.1) is 10.2 Å². The molecule has 0 bridgehead atoms. The molecule has 12 nitrogen and oxygen atoms in total. The average molecular weight is 401 g/mol. The van der Waals surface area contributed by atoms with E-state index >= 15 is 0 Å². The minimum absolute atomic E-state index is 0.0749. The highest BCUT2D eigenvalue weighted by molar-refractivity contribution is 5.95. The fourth-order valence-electron chi connectivity index (χ4n) is 3.02. The Bertz CT molecular complexity index is 894. The molecule has 1 fully saturated rings. The Morgan fingerprint density at radius 3 is 2.14 bits per heavy atom. The molecule has 2 aromatic rings. The van der Waals surface area contributed by atoms with Crippen molar-refractivity contribution in [3.63, 3.8) is 0 Å². The van der Waals surface area contributed by atoms with E-state index in [2.05, 4.69) is 15.5 Å². The van der Waals surface area contributed by atoms with Crippen molar-refractivity contribution >= 4 is 28.9 Å². The van der Waals surface area contributed by atoms with Crippen molar-refractivity contribution in [2.75, 3.05) is 42.9 Å². The van der Waals surface area contributed by atoms with E-state index in [9.17, 15) is 25.0 Å². The van der Waals surface area contributed by atoms with Crippen LogP contribution >= 0.6 is 0 Å². The van der Waals surface area contributed by atoms with Crippen molar-refractivity contribution in [3.8, 4) is 0 Å². The third kappa shape index (κ3) is 4.54. The highest BCUT2D eigenvalue weighted by Crippen LogP contribution is 2.24. The second-order valence-corrected chi connectivity index (χ2v) is 6.34. The lowest BCUT2D eigenvalue weighted by Gasteiger charge is -2.35. The molecule has 1 saturated heterocycles. The molecule has 12 heteroatoms. The summed E-state index contributed by atoms with van der Waals surface area (Å²) >= 11 is 0. The van der Waals surface area contributed by atoms with Gasteiger partial charge >= 0.3 is 0 Å². The summed E-state index contributed by atoms with van der Waals surface area (Å²) in [6.07, 6.45) is 0. The molecule has 0 radical (unpaired) electrons. The SMILES string of the molecule is CCNc1ccc(N2CCN(C(=O)c3cc([N+](=O)[O-])cc([N+](=O)[O-])c3)CC2)nn1. The van der Waals surface area contributed by atoms with Gasteiger partial charge in [-0.3, -0.25) is 25.0 Å². The van der Waals surface area contributed by atoms with Crippen LogP contribution in [-0.2, 0) is 0 Å². The molecule has 1 aromatic carbocycles. The molecule has 152 valence electrons. The van der Waals surface area contributed by atoms with E-state index < -0.39 is 27.1 Å². The van der Waals surface area contributed by atoms with E-state index in [-0.39, 0.29) is 5.56 Å². The quantitative estimate of drug-likeness (QED) is 0.564. The number of nitrogens with zero attached hydrogens (tertiary/aromatic N) is 6. The van der Waals surface area contributed by atoms with E-state index in [1.807, 2.05) is 24.0 Å². The molecule has 0 atom stereocenters. The van der Waals surface area contributed by atoms with Crippen LogP contribution in [0.25, 0.3) is 0 Å². The van der Waals surface area contributed by atoms with E-state index in [1.165, 1.54) is 4.90 Å². The zero-order valence-corrected chi connectivity index (χ0v) is 15.6. The third-order valence-corrected chi connectivity index (χ3v) is 4.47. The van der Waals surface area contributed by atoms with Gasteiger partial charge in [-0.05, 0) is 19.1 Å². The van der Waals surface area contributed by atoms with Gasteiger partial charge < -0.3 is 15.1 Å². The maximum atomic E-state index is 12.7. The normalized spacial score (nSPS) is 13.8. The van der Waals surface area contributed by atoms with Gasteiger partial charge in [0.1, 0.15) is 5.82 Å². The number of carbonyl (C=O) groups is 1. The number of carbonyl (C=O) groups excluding carboxylic acids is 1. The summed E-state index contributed by atoms with van der Waals surface area (Å²) < 4.78 is 0. The molecule has 2 heterocycles. The van der Waals surface area contributed by atoms with Crippen LogP contribution in [0.1, 0.15) is 17.3 Å². The fraction of sp³-hybridized carbons (Fsp3) is 0.353. The molecular formula is C17H19N7O5. The maximum Gasteiger partial charge on any atom is 0.277 e. The lowest BCUT2D eigenvalue weighted by molar-refractivity contribution is -0.394. The summed E-state index contributed by atoms with van der Waals surface area (Å²) in [6, 6.07) is 6.63. The number of hydrogen-bond donors (Lipinski definition) is 1. The van der Waals surface area contributed by atoms with Gasteiger partial charge in [-0.2, -0.15) is 0 Å². The van der Waals surface area contributed by atoms with Crippen molar-refractivity contribution in [3.05, 3.63) is 56.1 Å². The zero-order valence-electron chi connectivity index (χ0n) is 15.6. The number of anilines is 2. The van der Waals surface area contributed by atoms with Crippen LogP contribution < -0.4 is 10.2 Å². The number of rotatable bonds is 6. The molecular weight excluding hydrogens is 382 g/mol. The summed E-state index contributed by atoms with van der Waals surface area (Å²) in [5.41, 5.74) is -1.05. The highest BCUT2D eigenvalue weighted by atomic mass is 16.6. The summed E-state index contributed by atoms with van der Waals surface area (Å²) in [6.45, 7) is 4.40. The molecule has 0 spiro atoms. The number of piperazine rings is 1. The minimum atomic E-state index is -0.753. The zero-order chi connectivity index (χ0) is 21.0. The lowest BCUT2D eigenvalue weighted by Crippen LogP contribution is -2.49. The van der Waals surface area contributed by atoms with Gasteiger partial charge in [0, 0.05) is 44.9 Å². The van der Waals surface area contributed by atoms with Crippen LogP contribution in [0, 0.1) is 20.2 Å². The van der Waals surface area contributed by atoms with Gasteiger partial charge in [-0.25, -0.2) is 0 Å². The van der Waals surface area contributed by atoms with Gasteiger partial charge in [0.15, 0.2) is 5.82 Å². The van der Waals surface area contributed by atoms with E-state index in [0.717, 1.165) is 24.7 Å². The number of hydrogen-bond acceptors (Lipinski definition) is 9. The first kappa shape index (κ1) is 19.9. The Hall–Kier alpha value is -3.83. The van der Waals surface area contributed by atoms with E-state index in [4.69, 9.17) is 0 Å². The second-order valence-electron chi connectivity index (χ2n) is 6.34. The van der Waals surface area contributed by atoms with Crippen molar-refractivity contribution in [1.82, 2.24) is 15.1 Å². The van der Waals surface area contributed by atoms with Crippen LogP contribution in [0.5, 0.6) is 0 Å².